The average molecular weight is 434 g/mol. The Morgan fingerprint density at radius 3 is 2.48 bits per heavy atom. The number of carbonyl (C=O) groups excluding carboxylic acids is 1. The molecule has 0 unspecified atom stereocenters. The predicted molar refractivity (Wildman–Crippen MR) is 119 cm³/mol. The molecular weight excluding hydrogens is 409 g/mol. The largest absolute Gasteiger partial charge is 0.493 e. The molecule has 0 radical (unpaired) electrons. The van der Waals surface area contributed by atoms with Crippen LogP contribution in [0.25, 0.3) is 0 Å². The Bertz CT molecular complexity index is 865. The number of carbonyl (C=O) groups is 1. The first-order valence-electron chi connectivity index (χ1n) is 10.1. The van der Waals surface area contributed by atoms with Gasteiger partial charge in [0, 0.05) is 55.4 Å². The first kappa shape index (κ1) is 20.3. The summed E-state index contributed by atoms with van der Waals surface area (Å²) in [5.74, 6) is 0.839. The summed E-state index contributed by atoms with van der Waals surface area (Å²) in [6, 6.07) is 11.8. The Morgan fingerprint density at radius 1 is 0.966 bits per heavy atom. The number of fused-ring (bicyclic) bond motifs is 1. The molecule has 2 heterocycles. The molecule has 1 fully saturated rings. The van der Waals surface area contributed by atoms with Gasteiger partial charge < -0.3 is 15.0 Å². The first-order chi connectivity index (χ1) is 14.1. The fraction of sp³-hybridized carbons (Fsp3) is 0.409. The van der Waals surface area contributed by atoms with Crippen molar-refractivity contribution in [2.75, 3.05) is 49.5 Å². The van der Waals surface area contributed by atoms with Crippen molar-refractivity contribution in [1.82, 2.24) is 4.90 Å². The molecule has 0 spiro atoms. The maximum atomic E-state index is 11.6. The normalized spacial score (nSPS) is 17.0. The molecule has 29 heavy (non-hydrogen) atoms. The molecular formula is C22H25Cl2N3O2. The van der Waals surface area contributed by atoms with E-state index < -0.39 is 0 Å². The van der Waals surface area contributed by atoms with Crippen molar-refractivity contribution in [3.05, 3.63) is 52.0 Å². The van der Waals surface area contributed by atoms with Crippen molar-refractivity contribution in [3.63, 3.8) is 0 Å². The smallest absolute Gasteiger partial charge is 0.224 e. The van der Waals surface area contributed by atoms with Gasteiger partial charge in [-0.15, -0.1) is 0 Å². The van der Waals surface area contributed by atoms with E-state index in [2.05, 4.69) is 27.2 Å². The van der Waals surface area contributed by atoms with Crippen molar-refractivity contribution < 1.29 is 9.53 Å². The Kier molecular flexibility index (Phi) is 6.48. The number of amides is 1. The highest BCUT2D eigenvalue weighted by molar-refractivity contribution is 6.34. The van der Waals surface area contributed by atoms with E-state index in [4.69, 9.17) is 27.9 Å². The third kappa shape index (κ3) is 4.97. The van der Waals surface area contributed by atoms with E-state index in [-0.39, 0.29) is 5.91 Å². The fourth-order valence-corrected chi connectivity index (χ4v) is 4.26. The third-order valence-electron chi connectivity index (χ3n) is 5.53. The zero-order chi connectivity index (χ0) is 20.2. The van der Waals surface area contributed by atoms with E-state index in [1.165, 1.54) is 5.69 Å². The number of nitrogens with zero attached hydrogens (tertiary/aromatic N) is 2. The molecule has 2 aliphatic rings. The SMILES string of the molecule is O=C1CCc2c(OCCCN3CCN(c4ccc(Cl)cc4)CC3)ccc(Cl)c2N1. The Hall–Kier alpha value is -1.95. The maximum Gasteiger partial charge on any atom is 0.224 e. The lowest BCUT2D eigenvalue weighted by molar-refractivity contribution is -0.116. The lowest BCUT2D eigenvalue weighted by atomic mass is 10.0. The van der Waals surface area contributed by atoms with E-state index in [1.807, 2.05) is 18.2 Å². The van der Waals surface area contributed by atoms with E-state index in [1.54, 1.807) is 6.07 Å². The van der Waals surface area contributed by atoms with Crippen LogP contribution < -0.4 is 15.0 Å². The topological polar surface area (TPSA) is 44.8 Å². The first-order valence-corrected chi connectivity index (χ1v) is 10.8. The zero-order valence-corrected chi connectivity index (χ0v) is 17.8. The number of hydrogen-bond acceptors (Lipinski definition) is 4. The second-order valence-electron chi connectivity index (χ2n) is 7.45. The van der Waals surface area contributed by atoms with Gasteiger partial charge in [-0.1, -0.05) is 23.2 Å². The second kappa shape index (κ2) is 9.24. The molecule has 0 bridgehead atoms. The summed E-state index contributed by atoms with van der Waals surface area (Å²) in [5.41, 5.74) is 2.95. The van der Waals surface area contributed by atoms with Crippen LogP contribution in [0, 0.1) is 0 Å². The molecule has 7 heteroatoms. The fourth-order valence-electron chi connectivity index (χ4n) is 3.91. The number of ether oxygens (including phenoxy) is 1. The summed E-state index contributed by atoms with van der Waals surface area (Å²) >= 11 is 12.2. The monoisotopic (exact) mass is 433 g/mol. The summed E-state index contributed by atoms with van der Waals surface area (Å²) in [7, 11) is 0. The van der Waals surface area contributed by atoms with Gasteiger partial charge in [0.2, 0.25) is 5.91 Å². The van der Waals surface area contributed by atoms with Crippen molar-refractivity contribution in [2.45, 2.75) is 19.3 Å². The van der Waals surface area contributed by atoms with Gasteiger partial charge in [0.1, 0.15) is 5.75 Å². The summed E-state index contributed by atoms with van der Waals surface area (Å²) in [4.78, 5) is 16.5. The molecule has 4 rings (SSSR count). The molecule has 1 amide bonds. The average Bonchev–Trinajstić information content (AvgIpc) is 2.74. The van der Waals surface area contributed by atoms with Crippen LogP contribution in [0.1, 0.15) is 18.4 Å². The third-order valence-corrected chi connectivity index (χ3v) is 6.09. The van der Waals surface area contributed by atoms with Gasteiger partial charge in [0.25, 0.3) is 0 Å². The second-order valence-corrected chi connectivity index (χ2v) is 8.30. The summed E-state index contributed by atoms with van der Waals surface area (Å²) < 4.78 is 6.03. The van der Waals surface area contributed by atoms with Crippen LogP contribution in [0.5, 0.6) is 5.75 Å². The quantitative estimate of drug-likeness (QED) is 0.682. The Labute approximate surface area is 181 Å². The van der Waals surface area contributed by atoms with E-state index in [9.17, 15) is 4.79 Å². The van der Waals surface area contributed by atoms with Gasteiger partial charge in [-0.3, -0.25) is 9.69 Å². The molecule has 1 saturated heterocycles. The molecule has 154 valence electrons. The van der Waals surface area contributed by atoms with Gasteiger partial charge in [-0.05, 0) is 49.2 Å². The van der Waals surface area contributed by atoms with Crippen molar-refractivity contribution >= 4 is 40.5 Å². The van der Waals surface area contributed by atoms with Crippen molar-refractivity contribution in [3.8, 4) is 5.75 Å². The van der Waals surface area contributed by atoms with Gasteiger partial charge in [0.05, 0.1) is 17.3 Å². The Balaban J connectivity index is 1.22. The van der Waals surface area contributed by atoms with Crippen LogP contribution in [0.15, 0.2) is 36.4 Å². The van der Waals surface area contributed by atoms with Gasteiger partial charge in [-0.2, -0.15) is 0 Å². The molecule has 5 nitrogen and oxygen atoms in total. The Morgan fingerprint density at radius 2 is 1.72 bits per heavy atom. The van der Waals surface area contributed by atoms with Crippen LogP contribution in [0.3, 0.4) is 0 Å². The lowest BCUT2D eigenvalue weighted by Gasteiger charge is -2.36. The predicted octanol–water partition coefficient (Wildman–Crippen LogP) is 4.47. The standard InChI is InChI=1S/C22H25Cl2N3O2/c23-16-2-4-17(5-3-16)27-13-11-26(12-14-27)10-1-15-29-20-8-7-19(24)22-18(20)6-9-21(28)25-22/h2-5,7-8H,1,6,9-15H2,(H,25,28). The summed E-state index contributed by atoms with van der Waals surface area (Å²) in [6.45, 7) is 5.80. The summed E-state index contributed by atoms with van der Waals surface area (Å²) in [6.07, 6.45) is 2.11. The van der Waals surface area contributed by atoms with Crippen LogP contribution in [-0.4, -0.2) is 50.1 Å². The minimum absolute atomic E-state index is 0.00860. The van der Waals surface area contributed by atoms with Crippen LogP contribution in [0.2, 0.25) is 10.0 Å². The number of piperazine rings is 1. The van der Waals surface area contributed by atoms with Crippen molar-refractivity contribution in [2.24, 2.45) is 0 Å². The van der Waals surface area contributed by atoms with E-state index >= 15 is 0 Å². The molecule has 0 saturated carbocycles. The highest BCUT2D eigenvalue weighted by Gasteiger charge is 2.21. The highest BCUT2D eigenvalue weighted by Crippen LogP contribution is 2.37. The number of anilines is 2. The van der Waals surface area contributed by atoms with E-state index in [0.717, 1.165) is 55.5 Å². The van der Waals surface area contributed by atoms with Gasteiger partial charge in [0.15, 0.2) is 0 Å². The van der Waals surface area contributed by atoms with Gasteiger partial charge >= 0.3 is 0 Å². The number of rotatable bonds is 6. The van der Waals surface area contributed by atoms with Crippen LogP contribution in [-0.2, 0) is 11.2 Å². The number of halogens is 2. The molecule has 2 aromatic carbocycles. The molecule has 0 aliphatic carbocycles. The zero-order valence-electron chi connectivity index (χ0n) is 16.3. The molecule has 2 aliphatic heterocycles. The molecule has 0 atom stereocenters. The molecule has 1 N–H and O–H groups in total. The number of nitrogens with one attached hydrogen (secondary N) is 1. The maximum absolute atomic E-state index is 11.6. The minimum Gasteiger partial charge on any atom is -0.493 e. The number of benzene rings is 2. The molecule has 0 aromatic heterocycles. The van der Waals surface area contributed by atoms with Gasteiger partial charge in [-0.25, -0.2) is 0 Å². The summed E-state index contributed by atoms with van der Waals surface area (Å²) in [5, 5.41) is 4.20. The minimum atomic E-state index is 0.00860. The number of hydrogen-bond donors (Lipinski definition) is 1. The van der Waals surface area contributed by atoms with Crippen LogP contribution in [0.4, 0.5) is 11.4 Å². The highest BCUT2D eigenvalue weighted by atomic mass is 35.5. The molecule has 2 aromatic rings. The lowest BCUT2D eigenvalue weighted by Crippen LogP contribution is -2.46. The van der Waals surface area contributed by atoms with Crippen molar-refractivity contribution in [1.29, 1.82) is 0 Å². The van der Waals surface area contributed by atoms with Crippen LogP contribution >= 0.6 is 23.2 Å². The van der Waals surface area contributed by atoms with E-state index in [0.29, 0.717) is 30.2 Å².